The Bertz CT molecular complexity index is 607. The van der Waals surface area contributed by atoms with E-state index in [2.05, 4.69) is 34.4 Å². The minimum atomic E-state index is 1.02. The number of fused-ring (bicyclic) bond motifs is 1. The lowest BCUT2D eigenvalue weighted by molar-refractivity contribution is 1.41. The van der Waals surface area contributed by atoms with Crippen molar-refractivity contribution in [3.05, 3.63) is 41.5 Å². The Labute approximate surface area is 91.6 Å². The van der Waals surface area contributed by atoms with Crippen molar-refractivity contribution in [2.24, 2.45) is 0 Å². The molecule has 0 saturated carbocycles. The second-order valence-corrected chi connectivity index (χ2v) is 4.53. The Morgan fingerprint density at radius 1 is 1.33 bits per heavy atom. The Kier molecular flexibility index (Phi) is 1.86. The molecule has 0 aliphatic heterocycles. The number of aromatic amines is 1. The van der Waals surface area contributed by atoms with Crippen LogP contribution in [0.25, 0.3) is 21.5 Å². The highest BCUT2D eigenvalue weighted by Crippen LogP contribution is 2.27. The average molecular weight is 214 g/mol. The van der Waals surface area contributed by atoms with Crippen LogP contribution in [-0.2, 0) is 0 Å². The van der Waals surface area contributed by atoms with Crippen LogP contribution in [0.5, 0.6) is 0 Å². The van der Waals surface area contributed by atoms with Gasteiger partial charge in [-0.1, -0.05) is 0 Å². The number of nitrogens with one attached hydrogen (secondary N) is 1. The van der Waals surface area contributed by atoms with E-state index in [1.807, 2.05) is 18.5 Å². The lowest BCUT2D eigenvalue weighted by atomic mass is 10.2. The van der Waals surface area contributed by atoms with Crippen molar-refractivity contribution in [2.45, 2.75) is 6.92 Å². The standard InChI is InChI=1S/C12H10N2S/c1-8-4-12(15-7-8)9-5-11-10(14-6-9)2-3-13-11/h2-7,13H,1H3. The summed E-state index contributed by atoms with van der Waals surface area (Å²) in [5.41, 5.74) is 4.61. The fourth-order valence-corrected chi connectivity index (χ4v) is 2.53. The van der Waals surface area contributed by atoms with E-state index in [4.69, 9.17) is 0 Å². The van der Waals surface area contributed by atoms with Crippen LogP contribution in [0.15, 0.2) is 36.0 Å². The molecular formula is C12H10N2S. The van der Waals surface area contributed by atoms with Gasteiger partial charge in [-0.2, -0.15) is 0 Å². The van der Waals surface area contributed by atoms with E-state index in [0.29, 0.717) is 0 Å². The number of H-pyrrole nitrogens is 1. The third kappa shape index (κ3) is 1.45. The van der Waals surface area contributed by atoms with Crippen LogP contribution in [0.4, 0.5) is 0 Å². The molecule has 0 bridgehead atoms. The van der Waals surface area contributed by atoms with E-state index < -0.39 is 0 Å². The molecule has 0 unspecified atom stereocenters. The van der Waals surface area contributed by atoms with Gasteiger partial charge in [0.2, 0.25) is 0 Å². The predicted molar refractivity (Wildman–Crippen MR) is 64.1 cm³/mol. The number of aromatic nitrogens is 2. The lowest BCUT2D eigenvalue weighted by Crippen LogP contribution is -1.77. The predicted octanol–water partition coefficient (Wildman–Crippen LogP) is 3.60. The maximum atomic E-state index is 4.40. The van der Waals surface area contributed by atoms with Crippen LogP contribution in [0.3, 0.4) is 0 Å². The second-order valence-electron chi connectivity index (χ2n) is 3.62. The summed E-state index contributed by atoms with van der Waals surface area (Å²) in [4.78, 5) is 8.86. The molecule has 74 valence electrons. The summed E-state index contributed by atoms with van der Waals surface area (Å²) in [7, 11) is 0. The number of rotatable bonds is 1. The molecule has 2 nitrogen and oxygen atoms in total. The summed E-state index contributed by atoms with van der Waals surface area (Å²) >= 11 is 1.76. The quantitative estimate of drug-likeness (QED) is 0.658. The topological polar surface area (TPSA) is 28.7 Å². The van der Waals surface area contributed by atoms with Crippen LogP contribution in [-0.4, -0.2) is 9.97 Å². The van der Waals surface area contributed by atoms with Crippen molar-refractivity contribution >= 4 is 22.4 Å². The third-order valence-corrected chi connectivity index (χ3v) is 3.51. The number of hydrogen-bond acceptors (Lipinski definition) is 2. The molecular weight excluding hydrogens is 204 g/mol. The molecule has 0 radical (unpaired) electrons. The van der Waals surface area contributed by atoms with E-state index in [0.717, 1.165) is 11.0 Å². The van der Waals surface area contributed by atoms with Crippen LogP contribution in [0.2, 0.25) is 0 Å². The Hall–Kier alpha value is -1.61. The Morgan fingerprint density at radius 2 is 2.27 bits per heavy atom. The summed E-state index contributed by atoms with van der Waals surface area (Å²) in [5, 5.41) is 2.16. The molecule has 0 atom stereocenters. The van der Waals surface area contributed by atoms with Gasteiger partial charge in [0.05, 0.1) is 11.0 Å². The van der Waals surface area contributed by atoms with Crippen molar-refractivity contribution in [3.8, 4) is 10.4 Å². The van der Waals surface area contributed by atoms with Gasteiger partial charge in [-0.25, -0.2) is 0 Å². The normalized spacial score (nSPS) is 11.0. The molecule has 3 rings (SSSR count). The fourth-order valence-electron chi connectivity index (χ4n) is 1.65. The molecule has 0 spiro atoms. The van der Waals surface area contributed by atoms with Crippen molar-refractivity contribution in [1.82, 2.24) is 9.97 Å². The summed E-state index contributed by atoms with van der Waals surface area (Å²) in [6, 6.07) is 6.32. The van der Waals surface area contributed by atoms with Crippen molar-refractivity contribution < 1.29 is 0 Å². The highest BCUT2D eigenvalue weighted by molar-refractivity contribution is 7.13. The molecule has 0 amide bonds. The Morgan fingerprint density at radius 3 is 3.07 bits per heavy atom. The average Bonchev–Trinajstić information content (AvgIpc) is 2.84. The van der Waals surface area contributed by atoms with E-state index in [-0.39, 0.29) is 0 Å². The van der Waals surface area contributed by atoms with Crippen LogP contribution < -0.4 is 0 Å². The summed E-state index contributed by atoms with van der Waals surface area (Å²) < 4.78 is 0. The zero-order chi connectivity index (χ0) is 10.3. The molecule has 0 saturated heterocycles. The summed E-state index contributed by atoms with van der Waals surface area (Å²) in [5.74, 6) is 0. The van der Waals surface area contributed by atoms with E-state index >= 15 is 0 Å². The number of aryl methyl sites for hydroxylation is 1. The zero-order valence-electron chi connectivity index (χ0n) is 8.32. The number of thiophene rings is 1. The van der Waals surface area contributed by atoms with Gasteiger partial charge in [0, 0.05) is 22.8 Å². The molecule has 0 aromatic carbocycles. The fraction of sp³-hybridized carbons (Fsp3) is 0.0833. The van der Waals surface area contributed by atoms with Crippen molar-refractivity contribution in [1.29, 1.82) is 0 Å². The smallest absolute Gasteiger partial charge is 0.0879 e. The maximum absolute atomic E-state index is 4.40. The van der Waals surface area contributed by atoms with E-state index in [9.17, 15) is 0 Å². The maximum Gasteiger partial charge on any atom is 0.0879 e. The van der Waals surface area contributed by atoms with Crippen LogP contribution in [0.1, 0.15) is 5.56 Å². The SMILES string of the molecule is Cc1csc(-c2cnc3cc[nH]c3c2)c1. The van der Waals surface area contributed by atoms with Crippen molar-refractivity contribution in [3.63, 3.8) is 0 Å². The van der Waals surface area contributed by atoms with Gasteiger partial charge in [-0.05, 0) is 36.1 Å². The highest BCUT2D eigenvalue weighted by Gasteiger charge is 2.03. The second kappa shape index (κ2) is 3.21. The molecule has 3 heteroatoms. The van der Waals surface area contributed by atoms with Gasteiger partial charge in [-0.3, -0.25) is 4.98 Å². The first-order chi connectivity index (χ1) is 7.33. The summed E-state index contributed by atoms with van der Waals surface area (Å²) in [6.45, 7) is 2.11. The molecule has 15 heavy (non-hydrogen) atoms. The first kappa shape index (κ1) is 8.68. The summed E-state index contributed by atoms with van der Waals surface area (Å²) in [6.07, 6.45) is 3.85. The number of hydrogen-bond donors (Lipinski definition) is 1. The molecule has 1 N–H and O–H groups in total. The van der Waals surface area contributed by atoms with Gasteiger partial charge in [0.25, 0.3) is 0 Å². The highest BCUT2D eigenvalue weighted by atomic mass is 32.1. The van der Waals surface area contributed by atoms with Gasteiger partial charge < -0.3 is 4.98 Å². The molecule has 3 aromatic rings. The molecule has 0 aliphatic rings. The third-order valence-electron chi connectivity index (χ3n) is 2.41. The van der Waals surface area contributed by atoms with Crippen LogP contribution in [0, 0.1) is 6.92 Å². The van der Waals surface area contributed by atoms with Crippen LogP contribution >= 0.6 is 11.3 Å². The minimum Gasteiger partial charge on any atom is -0.360 e. The van der Waals surface area contributed by atoms with E-state index in [1.165, 1.54) is 16.0 Å². The monoisotopic (exact) mass is 214 g/mol. The molecule has 3 heterocycles. The van der Waals surface area contributed by atoms with Gasteiger partial charge in [0.1, 0.15) is 0 Å². The van der Waals surface area contributed by atoms with Gasteiger partial charge in [-0.15, -0.1) is 11.3 Å². The lowest BCUT2D eigenvalue weighted by Gasteiger charge is -1.96. The van der Waals surface area contributed by atoms with E-state index in [1.54, 1.807) is 11.3 Å². The molecule has 0 aliphatic carbocycles. The number of pyridine rings is 1. The first-order valence-electron chi connectivity index (χ1n) is 4.81. The van der Waals surface area contributed by atoms with Gasteiger partial charge >= 0.3 is 0 Å². The molecule has 0 fully saturated rings. The Balaban J connectivity index is 2.18. The minimum absolute atomic E-state index is 1.02. The first-order valence-corrected chi connectivity index (χ1v) is 5.69. The zero-order valence-corrected chi connectivity index (χ0v) is 9.14. The van der Waals surface area contributed by atoms with Gasteiger partial charge in [0.15, 0.2) is 0 Å². The number of nitrogens with zero attached hydrogens (tertiary/aromatic N) is 1. The molecule has 3 aromatic heterocycles. The van der Waals surface area contributed by atoms with Crippen molar-refractivity contribution in [2.75, 3.05) is 0 Å². The largest absolute Gasteiger partial charge is 0.360 e.